The first-order valence-electron chi connectivity index (χ1n) is 5.78. The van der Waals surface area contributed by atoms with Crippen LogP contribution in [0.2, 0.25) is 0 Å². The number of quaternary nitrogens is 1. The monoisotopic (exact) mass is 187 g/mol. The van der Waals surface area contributed by atoms with E-state index in [-0.39, 0.29) is 0 Å². The van der Waals surface area contributed by atoms with Crippen molar-refractivity contribution in [3.63, 3.8) is 0 Å². The number of hydrogen-bond donors (Lipinski definition) is 1. The van der Waals surface area contributed by atoms with E-state index < -0.39 is 0 Å². The van der Waals surface area contributed by atoms with Gasteiger partial charge in [0.15, 0.2) is 0 Å². The van der Waals surface area contributed by atoms with Gasteiger partial charge in [-0.25, -0.2) is 0 Å². The maximum absolute atomic E-state index is 2.55. The van der Waals surface area contributed by atoms with Crippen molar-refractivity contribution in [1.82, 2.24) is 5.01 Å². The lowest BCUT2D eigenvalue weighted by Crippen LogP contribution is -3.19. The molecule has 0 radical (unpaired) electrons. The van der Waals surface area contributed by atoms with E-state index in [0.717, 1.165) is 6.54 Å². The summed E-state index contributed by atoms with van der Waals surface area (Å²) in [5.74, 6) is 0. The lowest BCUT2D eigenvalue weighted by molar-refractivity contribution is -1.02. The van der Waals surface area contributed by atoms with Gasteiger partial charge in [0.05, 0.1) is 19.1 Å². The van der Waals surface area contributed by atoms with Gasteiger partial charge in [-0.2, -0.15) is 5.01 Å². The van der Waals surface area contributed by atoms with Crippen LogP contribution >= 0.6 is 0 Å². The first-order valence-corrected chi connectivity index (χ1v) is 5.78. The van der Waals surface area contributed by atoms with Crippen LogP contribution in [0.15, 0.2) is 0 Å². The molecule has 0 spiro atoms. The summed E-state index contributed by atoms with van der Waals surface area (Å²) in [6.45, 7) is 15.1. The number of rotatable bonds is 7. The van der Waals surface area contributed by atoms with E-state index in [4.69, 9.17) is 0 Å². The van der Waals surface area contributed by atoms with Crippen LogP contribution in [0.5, 0.6) is 0 Å². The second-order valence-electron chi connectivity index (χ2n) is 3.95. The molecule has 0 aromatic carbocycles. The fourth-order valence-corrected chi connectivity index (χ4v) is 1.94. The van der Waals surface area contributed by atoms with Gasteiger partial charge in [-0.05, 0) is 33.6 Å². The maximum Gasteiger partial charge on any atom is 0.0945 e. The van der Waals surface area contributed by atoms with Crippen LogP contribution in [-0.2, 0) is 0 Å². The minimum Gasteiger partial charge on any atom is -0.255 e. The van der Waals surface area contributed by atoms with Gasteiger partial charge in [0.25, 0.3) is 0 Å². The third-order valence-electron chi connectivity index (χ3n) is 2.45. The van der Waals surface area contributed by atoms with Crippen LogP contribution in [0.1, 0.15) is 47.5 Å². The van der Waals surface area contributed by atoms with Crippen LogP contribution in [0.4, 0.5) is 0 Å². The lowest BCUT2D eigenvalue weighted by atomic mass is 10.3. The van der Waals surface area contributed by atoms with E-state index in [1.54, 1.807) is 5.01 Å². The molecule has 0 amide bonds. The molecule has 0 aliphatic heterocycles. The third kappa shape index (κ3) is 4.63. The number of nitrogens with one attached hydrogen (secondary N) is 1. The molecule has 0 fully saturated rings. The summed E-state index contributed by atoms with van der Waals surface area (Å²) in [7, 11) is 0. The largest absolute Gasteiger partial charge is 0.255 e. The average molecular weight is 187 g/mol. The summed E-state index contributed by atoms with van der Waals surface area (Å²) in [6.07, 6.45) is 2.55. The van der Waals surface area contributed by atoms with Crippen LogP contribution in [0, 0.1) is 0 Å². The molecule has 2 heteroatoms. The van der Waals surface area contributed by atoms with Crippen LogP contribution in [-0.4, -0.2) is 30.7 Å². The predicted molar refractivity (Wildman–Crippen MR) is 58.8 cm³/mol. The van der Waals surface area contributed by atoms with Gasteiger partial charge in [-0.1, -0.05) is 13.8 Å². The Hall–Kier alpha value is -0.0800. The van der Waals surface area contributed by atoms with Gasteiger partial charge in [-0.15, -0.1) is 0 Å². The highest BCUT2D eigenvalue weighted by Gasteiger charge is 2.18. The summed E-state index contributed by atoms with van der Waals surface area (Å²) in [5.41, 5.74) is 0. The summed E-state index contributed by atoms with van der Waals surface area (Å²) in [6, 6.07) is 0.665. The van der Waals surface area contributed by atoms with Gasteiger partial charge in [0, 0.05) is 6.54 Å². The zero-order chi connectivity index (χ0) is 10.3. The number of nitrogens with zero attached hydrogens (tertiary/aromatic N) is 1. The minimum atomic E-state index is 0.665. The van der Waals surface area contributed by atoms with E-state index in [1.165, 1.54) is 25.9 Å². The second kappa shape index (κ2) is 7.34. The molecule has 0 heterocycles. The van der Waals surface area contributed by atoms with Crippen molar-refractivity contribution in [2.75, 3.05) is 19.6 Å². The van der Waals surface area contributed by atoms with Gasteiger partial charge in [0.1, 0.15) is 0 Å². The van der Waals surface area contributed by atoms with E-state index >= 15 is 0 Å². The smallest absolute Gasteiger partial charge is 0.0945 e. The van der Waals surface area contributed by atoms with Gasteiger partial charge in [-0.3, -0.25) is 5.01 Å². The Bertz CT molecular complexity index is 107. The lowest BCUT2D eigenvalue weighted by Gasteiger charge is -2.32. The van der Waals surface area contributed by atoms with Gasteiger partial charge >= 0.3 is 0 Å². The van der Waals surface area contributed by atoms with Crippen LogP contribution in [0.3, 0.4) is 0 Å². The zero-order valence-electron chi connectivity index (χ0n) is 10.1. The Morgan fingerprint density at radius 3 is 1.69 bits per heavy atom. The molecule has 0 aliphatic rings. The van der Waals surface area contributed by atoms with Crippen molar-refractivity contribution >= 4 is 0 Å². The Kier molecular flexibility index (Phi) is 7.29. The summed E-state index contributed by atoms with van der Waals surface area (Å²) in [5, 5.41) is 4.20. The molecule has 0 saturated carbocycles. The molecule has 0 aliphatic carbocycles. The minimum absolute atomic E-state index is 0.665. The highest BCUT2D eigenvalue weighted by molar-refractivity contribution is 4.47. The topological polar surface area (TPSA) is 7.68 Å². The van der Waals surface area contributed by atoms with Gasteiger partial charge < -0.3 is 0 Å². The summed E-state index contributed by atoms with van der Waals surface area (Å²) >= 11 is 0. The molecule has 2 nitrogen and oxygen atoms in total. The fraction of sp³-hybridized carbons (Fsp3) is 1.00. The van der Waals surface area contributed by atoms with Crippen LogP contribution in [0.25, 0.3) is 0 Å². The van der Waals surface area contributed by atoms with E-state index in [0.29, 0.717) is 6.04 Å². The third-order valence-corrected chi connectivity index (χ3v) is 2.45. The standard InChI is InChI=1S/C11H26N2/c1-6-9-12(10-7-2)13(8-3)11(4)5/h11H,6-10H2,1-5H3/p+1. The Morgan fingerprint density at radius 2 is 1.46 bits per heavy atom. The molecule has 0 aromatic heterocycles. The Labute approximate surface area is 83.9 Å². The first-order chi connectivity index (χ1) is 6.17. The Morgan fingerprint density at radius 1 is 1.00 bits per heavy atom. The quantitative estimate of drug-likeness (QED) is 0.591. The normalized spacial score (nSPS) is 12.0. The average Bonchev–Trinajstić information content (AvgIpc) is 2.05. The molecular weight excluding hydrogens is 160 g/mol. The molecule has 0 saturated heterocycles. The van der Waals surface area contributed by atoms with Crippen molar-refractivity contribution in [2.45, 2.75) is 53.5 Å². The van der Waals surface area contributed by atoms with E-state index in [9.17, 15) is 0 Å². The van der Waals surface area contributed by atoms with Gasteiger partial charge in [0.2, 0.25) is 0 Å². The van der Waals surface area contributed by atoms with Crippen molar-refractivity contribution in [2.24, 2.45) is 0 Å². The molecule has 0 bridgehead atoms. The second-order valence-corrected chi connectivity index (χ2v) is 3.95. The van der Waals surface area contributed by atoms with E-state index in [2.05, 4.69) is 39.6 Å². The Balaban J connectivity index is 4.11. The molecule has 0 aromatic rings. The van der Waals surface area contributed by atoms with Crippen molar-refractivity contribution < 1.29 is 5.01 Å². The van der Waals surface area contributed by atoms with Crippen molar-refractivity contribution in [3.05, 3.63) is 0 Å². The molecule has 13 heavy (non-hydrogen) atoms. The maximum atomic E-state index is 2.55. The molecular formula is C11H27N2+. The summed E-state index contributed by atoms with van der Waals surface area (Å²) in [4.78, 5) is 0. The van der Waals surface area contributed by atoms with Crippen molar-refractivity contribution in [3.8, 4) is 0 Å². The van der Waals surface area contributed by atoms with Crippen molar-refractivity contribution in [1.29, 1.82) is 0 Å². The fourth-order valence-electron chi connectivity index (χ4n) is 1.94. The number of hydrogen-bond acceptors (Lipinski definition) is 1. The molecule has 0 rings (SSSR count). The first kappa shape index (κ1) is 12.9. The molecule has 80 valence electrons. The summed E-state index contributed by atoms with van der Waals surface area (Å²) < 4.78 is 0. The van der Waals surface area contributed by atoms with Crippen LogP contribution < -0.4 is 5.01 Å². The highest BCUT2D eigenvalue weighted by Crippen LogP contribution is 1.89. The molecule has 0 atom stereocenters. The highest BCUT2D eigenvalue weighted by atomic mass is 15.6. The van der Waals surface area contributed by atoms with E-state index in [1.807, 2.05) is 0 Å². The molecule has 0 unspecified atom stereocenters. The predicted octanol–water partition coefficient (Wildman–Crippen LogP) is 1.34. The molecule has 1 N–H and O–H groups in total. The zero-order valence-corrected chi connectivity index (χ0v) is 10.1. The SMILES string of the molecule is CCC[NH+](CCC)N(CC)C(C)C.